The highest BCUT2D eigenvalue weighted by Gasteiger charge is 2.20. The number of methoxy groups -OCH3 is 1. The van der Waals surface area contributed by atoms with Crippen LogP contribution in [0.3, 0.4) is 0 Å². The minimum Gasteiger partial charge on any atom is -0.373 e. The molecule has 0 fully saturated rings. The van der Waals surface area contributed by atoms with Crippen molar-refractivity contribution in [2.24, 2.45) is 5.92 Å². The first-order chi connectivity index (χ1) is 9.65. The third kappa shape index (κ3) is 5.36. The number of hydrogen-bond donors (Lipinski definition) is 1. The molecule has 0 spiro atoms. The van der Waals surface area contributed by atoms with Crippen molar-refractivity contribution in [3.05, 3.63) is 22.8 Å². The van der Waals surface area contributed by atoms with E-state index in [9.17, 15) is 0 Å². The van der Waals surface area contributed by atoms with E-state index in [4.69, 9.17) is 4.74 Å². The summed E-state index contributed by atoms with van der Waals surface area (Å²) in [7, 11) is 1.72. The summed E-state index contributed by atoms with van der Waals surface area (Å²) in [5, 5.41) is 3.51. The first kappa shape index (κ1) is 18.1. The van der Waals surface area contributed by atoms with Gasteiger partial charge in [-0.25, -0.2) is 9.97 Å². The van der Waals surface area contributed by atoms with Gasteiger partial charge < -0.3 is 10.1 Å². The van der Waals surface area contributed by atoms with Crippen molar-refractivity contribution < 1.29 is 4.74 Å². The average molecular weight is 293 g/mol. The van der Waals surface area contributed by atoms with Gasteiger partial charge in [-0.1, -0.05) is 13.8 Å². The zero-order chi connectivity index (χ0) is 16.2. The molecule has 0 amide bonds. The summed E-state index contributed by atoms with van der Waals surface area (Å²) in [6, 6.07) is 0. The Morgan fingerprint density at radius 1 is 1.10 bits per heavy atom. The summed E-state index contributed by atoms with van der Waals surface area (Å²) in [6.07, 6.45) is 0.915. The van der Waals surface area contributed by atoms with E-state index < -0.39 is 0 Å². The molecule has 0 saturated carbocycles. The lowest BCUT2D eigenvalue weighted by atomic mass is 10.0. The molecule has 1 aromatic rings. The number of nitrogens with one attached hydrogen (secondary N) is 1. The molecule has 4 heteroatoms. The molecule has 0 bridgehead atoms. The van der Waals surface area contributed by atoms with Gasteiger partial charge in [0.25, 0.3) is 0 Å². The highest BCUT2D eigenvalue weighted by Crippen LogP contribution is 2.23. The molecule has 4 nitrogen and oxygen atoms in total. The Morgan fingerprint density at radius 3 is 2.00 bits per heavy atom. The van der Waals surface area contributed by atoms with Crippen LogP contribution in [0.1, 0.15) is 63.5 Å². The quantitative estimate of drug-likeness (QED) is 0.873. The molecule has 0 aliphatic rings. The summed E-state index contributed by atoms with van der Waals surface area (Å²) in [6.45, 7) is 15.9. The number of aryl methyl sites for hydroxylation is 2. The van der Waals surface area contributed by atoms with Crippen molar-refractivity contribution in [2.75, 3.05) is 13.7 Å². The fourth-order valence-corrected chi connectivity index (χ4v) is 2.49. The van der Waals surface area contributed by atoms with E-state index in [1.165, 1.54) is 5.56 Å². The number of ether oxygens (including phenoxy) is 1. The van der Waals surface area contributed by atoms with Crippen LogP contribution in [0, 0.1) is 19.8 Å². The summed E-state index contributed by atoms with van der Waals surface area (Å²) < 4.78 is 5.54. The van der Waals surface area contributed by atoms with Gasteiger partial charge in [0.1, 0.15) is 6.10 Å². The molecule has 120 valence electrons. The van der Waals surface area contributed by atoms with Crippen LogP contribution >= 0.6 is 0 Å². The van der Waals surface area contributed by atoms with Crippen LogP contribution < -0.4 is 5.32 Å². The molecule has 1 atom stereocenters. The van der Waals surface area contributed by atoms with Crippen molar-refractivity contribution in [3.63, 3.8) is 0 Å². The van der Waals surface area contributed by atoms with Crippen LogP contribution in [0.2, 0.25) is 0 Å². The molecule has 1 unspecified atom stereocenters. The normalized spacial score (nSPS) is 13.8. The van der Waals surface area contributed by atoms with Crippen molar-refractivity contribution in [3.8, 4) is 0 Å². The largest absolute Gasteiger partial charge is 0.373 e. The Balaban J connectivity index is 2.90. The van der Waals surface area contributed by atoms with Gasteiger partial charge in [0.2, 0.25) is 0 Å². The molecule has 1 aromatic heterocycles. The van der Waals surface area contributed by atoms with Crippen LogP contribution in [0.5, 0.6) is 0 Å². The second-order valence-corrected chi connectivity index (χ2v) is 7.06. The summed E-state index contributed by atoms with van der Waals surface area (Å²) in [5.41, 5.74) is 3.52. The van der Waals surface area contributed by atoms with E-state index >= 15 is 0 Å². The lowest BCUT2D eigenvalue weighted by Gasteiger charge is -2.22. The molecular formula is C17H31N3O. The number of aromatic nitrogens is 2. The van der Waals surface area contributed by atoms with Gasteiger partial charge in [0, 0.05) is 24.0 Å². The molecule has 0 aliphatic heterocycles. The standard InChI is InChI=1S/C17H31N3O/c1-11(2)15(21-8)16-19-12(3)14(13(4)20-16)9-10-18-17(5,6)7/h11,15,18H,9-10H2,1-8H3. The highest BCUT2D eigenvalue weighted by atomic mass is 16.5. The Morgan fingerprint density at radius 2 is 1.62 bits per heavy atom. The van der Waals surface area contributed by atoms with E-state index in [1.807, 2.05) is 0 Å². The molecule has 1 rings (SSSR count). The van der Waals surface area contributed by atoms with Crippen LogP contribution in [-0.4, -0.2) is 29.2 Å². The fourth-order valence-electron chi connectivity index (χ4n) is 2.49. The Kier molecular flexibility index (Phi) is 6.29. The fraction of sp³-hybridized carbons (Fsp3) is 0.765. The Bertz CT molecular complexity index is 441. The van der Waals surface area contributed by atoms with Crippen LogP contribution in [-0.2, 0) is 11.2 Å². The second kappa shape index (κ2) is 7.32. The van der Waals surface area contributed by atoms with Crippen molar-refractivity contribution in [1.29, 1.82) is 0 Å². The minimum atomic E-state index is -0.0378. The lowest BCUT2D eigenvalue weighted by molar-refractivity contribution is 0.0571. The minimum absolute atomic E-state index is 0.0378. The molecule has 0 saturated heterocycles. The predicted octanol–water partition coefficient (Wildman–Crippen LogP) is 3.37. The first-order valence-electron chi connectivity index (χ1n) is 7.77. The van der Waals surface area contributed by atoms with Crippen molar-refractivity contribution in [1.82, 2.24) is 15.3 Å². The maximum atomic E-state index is 5.54. The molecule has 0 aliphatic carbocycles. The van der Waals surface area contributed by atoms with Gasteiger partial charge in [-0.2, -0.15) is 0 Å². The number of rotatable bonds is 6. The van der Waals surface area contributed by atoms with Gasteiger partial charge in [0.15, 0.2) is 5.82 Å². The van der Waals surface area contributed by atoms with Gasteiger partial charge in [0.05, 0.1) is 0 Å². The second-order valence-electron chi connectivity index (χ2n) is 7.06. The zero-order valence-electron chi connectivity index (χ0n) is 14.9. The number of nitrogens with zero attached hydrogens (tertiary/aromatic N) is 2. The maximum Gasteiger partial charge on any atom is 0.157 e. The highest BCUT2D eigenvalue weighted by molar-refractivity contribution is 5.25. The smallest absolute Gasteiger partial charge is 0.157 e. The van der Waals surface area contributed by atoms with E-state index in [-0.39, 0.29) is 11.6 Å². The van der Waals surface area contributed by atoms with Crippen molar-refractivity contribution >= 4 is 0 Å². The van der Waals surface area contributed by atoms with Gasteiger partial charge in [-0.15, -0.1) is 0 Å². The average Bonchev–Trinajstić information content (AvgIpc) is 2.31. The summed E-state index contributed by atoms with van der Waals surface area (Å²) >= 11 is 0. The van der Waals surface area contributed by atoms with E-state index in [0.29, 0.717) is 5.92 Å². The third-order valence-electron chi connectivity index (χ3n) is 3.58. The zero-order valence-corrected chi connectivity index (χ0v) is 14.9. The Hall–Kier alpha value is -1.00. The van der Waals surface area contributed by atoms with Gasteiger partial charge >= 0.3 is 0 Å². The SMILES string of the molecule is COC(c1nc(C)c(CCNC(C)(C)C)c(C)n1)C(C)C. The molecule has 21 heavy (non-hydrogen) atoms. The monoisotopic (exact) mass is 293 g/mol. The molecule has 0 radical (unpaired) electrons. The first-order valence-corrected chi connectivity index (χ1v) is 7.77. The summed E-state index contributed by atoms with van der Waals surface area (Å²) in [5.74, 6) is 1.16. The maximum absolute atomic E-state index is 5.54. The van der Waals surface area contributed by atoms with E-state index in [0.717, 1.165) is 30.2 Å². The number of hydrogen-bond acceptors (Lipinski definition) is 4. The Labute approximate surface area is 129 Å². The van der Waals surface area contributed by atoms with Crippen LogP contribution in [0.15, 0.2) is 0 Å². The lowest BCUT2D eigenvalue weighted by Crippen LogP contribution is -2.37. The molecular weight excluding hydrogens is 262 g/mol. The topological polar surface area (TPSA) is 47.0 Å². The molecule has 1 N–H and O–H groups in total. The van der Waals surface area contributed by atoms with E-state index in [1.54, 1.807) is 7.11 Å². The van der Waals surface area contributed by atoms with E-state index in [2.05, 4.69) is 63.8 Å². The van der Waals surface area contributed by atoms with Crippen LogP contribution in [0.4, 0.5) is 0 Å². The van der Waals surface area contributed by atoms with Crippen LogP contribution in [0.25, 0.3) is 0 Å². The summed E-state index contributed by atoms with van der Waals surface area (Å²) in [4.78, 5) is 9.36. The third-order valence-corrected chi connectivity index (χ3v) is 3.58. The van der Waals surface area contributed by atoms with Gasteiger partial charge in [-0.3, -0.25) is 0 Å². The predicted molar refractivity (Wildman–Crippen MR) is 87.6 cm³/mol. The molecule has 0 aromatic carbocycles. The van der Waals surface area contributed by atoms with Gasteiger partial charge in [-0.05, 0) is 59.1 Å². The molecule has 1 heterocycles. The van der Waals surface area contributed by atoms with Crippen molar-refractivity contribution in [2.45, 2.75) is 66.5 Å².